The predicted octanol–water partition coefficient (Wildman–Crippen LogP) is 2.53. The first kappa shape index (κ1) is 11.9. The van der Waals surface area contributed by atoms with Gasteiger partial charge >= 0.3 is 0 Å². The van der Waals surface area contributed by atoms with Gasteiger partial charge in [-0.1, -0.05) is 26.8 Å². The normalized spacial score (nSPS) is 9.40. The molecule has 0 aliphatic heterocycles. The van der Waals surface area contributed by atoms with Crippen LogP contribution in [0.25, 0.3) is 0 Å². The second-order valence-electron chi connectivity index (χ2n) is 1.44. The van der Waals surface area contributed by atoms with Crippen molar-refractivity contribution < 1.29 is 0 Å². The van der Waals surface area contributed by atoms with Crippen LogP contribution in [-0.2, 0) is 0 Å². The summed E-state index contributed by atoms with van der Waals surface area (Å²) < 4.78 is 0. The lowest BCUT2D eigenvalue weighted by molar-refractivity contribution is 0.833. The average molecular weight is 142 g/mol. The van der Waals surface area contributed by atoms with E-state index in [4.69, 9.17) is 0 Å². The summed E-state index contributed by atoms with van der Waals surface area (Å²) in [5.41, 5.74) is 3.87. The van der Waals surface area contributed by atoms with Crippen LogP contribution in [0.2, 0.25) is 0 Å². The minimum atomic E-state index is 0.982. The molecule has 0 atom stereocenters. The van der Waals surface area contributed by atoms with Crippen LogP contribution in [0.15, 0.2) is 16.9 Å². The van der Waals surface area contributed by atoms with E-state index in [0.717, 1.165) is 12.1 Å². The summed E-state index contributed by atoms with van der Waals surface area (Å²) >= 11 is 0. The number of hydrogen-bond donors (Lipinski definition) is 1. The second-order valence-corrected chi connectivity index (χ2v) is 1.44. The molecule has 2 nitrogen and oxygen atoms in total. The maximum Gasteiger partial charge on any atom is 0.0290 e. The molecule has 0 unspecified atom stereocenters. The van der Waals surface area contributed by atoms with Crippen LogP contribution in [0.4, 0.5) is 0 Å². The van der Waals surface area contributed by atoms with Crippen LogP contribution in [0.3, 0.4) is 0 Å². The van der Waals surface area contributed by atoms with Gasteiger partial charge < -0.3 is 0 Å². The molecule has 0 aromatic rings. The van der Waals surface area contributed by atoms with Gasteiger partial charge in [0.05, 0.1) is 0 Å². The molecule has 0 aliphatic carbocycles. The Kier molecular flexibility index (Phi) is 13.2. The third kappa shape index (κ3) is 7.21. The maximum absolute atomic E-state index is 3.51. The molecule has 0 aromatic heterocycles. The minimum Gasteiger partial charge on any atom is -0.284 e. The molecule has 0 saturated carbocycles. The van der Waals surface area contributed by atoms with Crippen molar-refractivity contribution in [1.29, 1.82) is 0 Å². The molecule has 0 aromatic carbocycles. The van der Waals surface area contributed by atoms with E-state index >= 15 is 0 Å². The molecule has 0 bridgehead atoms. The number of allylic oxidation sites excluding steroid dienone is 2. The van der Waals surface area contributed by atoms with Crippen LogP contribution >= 0.6 is 0 Å². The van der Waals surface area contributed by atoms with Gasteiger partial charge in [-0.05, 0) is 13.3 Å². The zero-order valence-corrected chi connectivity index (χ0v) is 7.44. The van der Waals surface area contributed by atoms with Crippen LogP contribution in [0, 0.1) is 0 Å². The van der Waals surface area contributed by atoms with E-state index in [2.05, 4.69) is 24.2 Å². The van der Waals surface area contributed by atoms with Crippen LogP contribution in [0.5, 0.6) is 0 Å². The SMILES string of the molecule is C=NN/C(=C\C)CC.CC. The first-order valence-corrected chi connectivity index (χ1v) is 3.72. The molecular formula is C8H18N2. The molecule has 1 N–H and O–H groups in total. The quantitative estimate of drug-likeness (QED) is 0.475. The van der Waals surface area contributed by atoms with Crippen molar-refractivity contribution in [2.75, 3.05) is 0 Å². The van der Waals surface area contributed by atoms with E-state index in [1.54, 1.807) is 0 Å². The summed E-state index contributed by atoms with van der Waals surface area (Å²) in [4.78, 5) is 0. The molecule has 0 fully saturated rings. The van der Waals surface area contributed by atoms with Crippen LogP contribution < -0.4 is 5.43 Å². The van der Waals surface area contributed by atoms with Crippen molar-refractivity contribution in [3.8, 4) is 0 Å². The fraction of sp³-hybridized carbons (Fsp3) is 0.625. The van der Waals surface area contributed by atoms with Crippen molar-refractivity contribution in [2.24, 2.45) is 5.10 Å². The third-order valence-corrected chi connectivity index (χ3v) is 0.952. The zero-order chi connectivity index (χ0) is 8.41. The highest BCUT2D eigenvalue weighted by atomic mass is 15.3. The molecule has 0 rings (SSSR count). The summed E-state index contributed by atoms with van der Waals surface area (Å²) in [7, 11) is 0. The molecule has 0 heterocycles. The Balaban J connectivity index is 0. The van der Waals surface area contributed by atoms with Gasteiger partial charge in [0.2, 0.25) is 0 Å². The summed E-state index contributed by atoms with van der Waals surface area (Å²) in [5, 5.41) is 3.51. The van der Waals surface area contributed by atoms with Gasteiger partial charge in [-0.2, -0.15) is 5.10 Å². The summed E-state index contributed by atoms with van der Waals surface area (Å²) in [5.74, 6) is 0. The topological polar surface area (TPSA) is 24.4 Å². The molecule has 0 saturated heterocycles. The van der Waals surface area contributed by atoms with Gasteiger partial charge in [0.1, 0.15) is 0 Å². The lowest BCUT2D eigenvalue weighted by Crippen LogP contribution is -2.01. The smallest absolute Gasteiger partial charge is 0.0290 e. The fourth-order valence-electron chi connectivity index (χ4n) is 0.449. The van der Waals surface area contributed by atoms with Crippen LogP contribution in [-0.4, -0.2) is 6.72 Å². The van der Waals surface area contributed by atoms with E-state index in [1.165, 1.54) is 0 Å². The number of nitrogens with one attached hydrogen (secondary N) is 1. The highest BCUT2D eigenvalue weighted by molar-refractivity contribution is 5.23. The minimum absolute atomic E-state index is 0.982. The number of hydrogen-bond acceptors (Lipinski definition) is 2. The lowest BCUT2D eigenvalue weighted by atomic mass is 10.3. The molecule has 0 amide bonds. The van der Waals surface area contributed by atoms with Gasteiger partial charge in [-0.25, -0.2) is 0 Å². The maximum atomic E-state index is 3.51. The Labute approximate surface area is 64.0 Å². The molecule has 2 heteroatoms. The van der Waals surface area contributed by atoms with E-state index in [-0.39, 0.29) is 0 Å². The lowest BCUT2D eigenvalue weighted by Gasteiger charge is -1.98. The number of hydrazone groups is 1. The van der Waals surface area contributed by atoms with Crippen molar-refractivity contribution in [2.45, 2.75) is 34.1 Å². The zero-order valence-electron chi connectivity index (χ0n) is 7.44. The molecule has 0 aliphatic rings. The Morgan fingerprint density at radius 3 is 2.20 bits per heavy atom. The highest BCUT2D eigenvalue weighted by Crippen LogP contribution is 1.92. The van der Waals surface area contributed by atoms with Gasteiger partial charge in [0.15, 0.2) is 0 Å². The van der Waals surface area contributed by atoms with E-state index < -0.39 is 0 Å². The Hall–Kier alpha value is -0.790. The van der Waals surface area contributed by atoms with E-state index in [1.807, 2.05) is 26.8 Å². The molecule has 10 heavy (non-hydrogen) atoms. The number of rotatable bonds is 3. The van der Waals surface area contributed by atoms with Crippen molar-refractivity contribution in [3.05, 3.63) is 11.8 Å². The largest absolute Gasteiger partial charge is 0.284 e. The standard InChI is InChI=1S/C6H12N2.C2H6/c1-4-6(5-2)8-7-3;1-2/h4,8H,3,5H2,1-2H3;1-2H3/b6-4-;. The first-order valence-electron chi connectivity index (χ1n) is 3.72. The molecule has 0 spiro atoms. The summed E-state index contributed by atoms with van der Waals surface area (Å²) in [6.45, 7) is 11.3. The van der Waals surface area contributed by atoms with E-state index in [0.29, 0.717) is 0 Å². The molecule has 60 valence electrons. The summed E-state index contributed by atoms with van der Waals surface area (Å²) in [6, 6.07) is 0. The van der Waals surface area contributed by atoms with Crippen molar-refractivity contribution in [1.82, 2.24) is 5.43 Å². The Morgan fingerprint density at radius 1 is 1.60 bits per heavy atom. The molecule has 0 radical (unpaired) electrons. The molecular weight excluding hydrogens is 124 g/mol. The van der Waals surface area contributed by atoms with Crippen molar-refractivity contribution in [3.63, 3.8) is 0 Å². The van der Waals surface area contributed by atoms with Crippen LogP contribution in [0.1, 0.15) is 34.1 Å². The second kappa shape index (κ2) is 11.1. The van der Waals surface area contributed by atoms with Gasteiger partial charge in [-0.15, -0.1) is 0 Å². The van der Waals surface area contributed by atoms with E-state index in [9.17, 15) is 0 Å². The van der Waals surface area contributed by atoms with Crippen molar-refractivity contribution >= 4 is 6.72 Å². The number of nitrogens with zero attached hydrogens (tertiary/aromatic N) is 1. The first-order chi connectivity index (χ1) is 4.85. The van der Waals surface area contributed by atoms with Gasteiger partial charge in [-0.3, -0.25) is 5.43 Å². The van der Waals surface area contributed by atoms with Gasteiger partial charge in [0, 0.05) is 12.4 Å². The monoisotopic (exact) mass is 142 g/mol. The highest BCUT2D eigenvalue weighted by Gasteiger charge is 1.82. The van der Waals surface area contributed by atoms with Gasteiger partial charge in [0.25, 0.3) is 0 Å². The fourth-order valence-corrected chi connectivity index (χ4v) is 0.449. The summed E-state index contributed by atoms with van der Waals surface area (Å²) in [6.07, 6.45) is 2.96. The Morgan fingerprint density at radius 2 is 2.10 bits per heavy atom. The average Bonchev–Trinajstić information content (AvgIpc) is 2.04. The third-order valence-electron chi connectivity index (χ3n) is 0.952. The Bertz CT molecular complexity index is 95.4. The predicted molar refractivity (Wildman–Crippen MR) is 48.1 cm³/mol.